The van der Waals surface area contributed by atoms with E-state index in [1.165, 1.54) is 6.92 Å². The molecule has 0 saturated carbocycles. The molecule has 0 spiro atoms. The Labute approximate surface area is 136 Å². The normalized spacial score (nSPS) is 18.0. The average molecular weight is 317 g/mol. The van der Waals surface area contributed by atoms with Gasteiger partial charge in [-0.3, -0.25) is 14.4 Å². The van der Waals surface area contributed by atoms with Crippen molar-refractivity contribution in [2.24, 2.45) is 5.92 Å². The predicted molar refractivity (Wildman–Crippen MR) is 89.1 cm³/mol. The van der Waals surface area contributed by atoms with E-state index in [0.717, 1.165) is 5.69 Å². The highest BCUT2D eigenvalue weighted by Crippen LogP contribution is 2.26. The van der Waals surface area contributed by atoms with Crippen molar-refractivity contribution < 1.29 is 14.4 Å². The van der Waals surface area contributed by atoms with Gasteiger partial charge in [-0.25, -0.2) is 0 Å². The molecule has 6 heteroatoms. The van der Waals surface area contributed by atoms with Gasteiger partial charge < -0.3 is 15.5 Å². The standard InChI is InChI=1S/C17H23N3O3/c1-11(21)18-13-5-7-14(8-6-13)20-10-12(9-15(20)22)16(23)19-17(2,3)4/h5-8,12H,9-10H2,1-4H3,(H,18,21)(H,19,23)/t12-/m1/s1. The van der Waals surface area contributed by atoms with Crippen molar-refractivity contribution in [1.29, 1.82) is 0 Å². The highest BCUT2D eigenvalue weighted by atomic mass is 16.2. The van der Waals surface area contributed by atoms with E-state index < -0.39 is 0 Å². The molecule has 0 aliphatic carbocycles. The number of carbonyl (C=O) groups is 3. The lowest BCUT2D eigenvalue weighted by Crippen LogP contribution is -2.44. The summed E-state index contributed by atoms with van der Waals surface area (Å²) in [5.74, 6) is -0.639. The van der Waals surface area contributed by atoms with Gasteiger partial charge >= 0.3 is 0 Å². The molecule has 1 aromatic carbocycles. The topological polar surface area (TPSA) is 78.5 Å². The summed E-state index contributed by atoms with van der Waals surface area (Å²) >= 11 is 0. The number of amides is 3. The molecule has 1 heterocycles. The van der Waals surface area contributed by atoms with Crippen LogP contribution >= 0.6 is 0 Å². The van der Waals surface area contributed by atoms with Crippen molar-refractivity contribution in [3.8, 4) is 0 Å². The molecular weight excluding hydrogens is 294 g/mol. The van der Waals surface area contributed by atoms with Gasteiger partial charge in [0.05, 0.1) is 5.92 Å². The molecule has 3 amide bonds. The zero-order valence-electron chi connectivity index (χ0n) is 14.0. The van der Waals surface area contributed by atoms with Gasteiger partial charge in [-0.2, -0.15) is 0 Å². The first kappa shape index (κ1) is 17.0. The number of anilines is 2. The first-order valence-electron chi connectivity index (χ1n) is 7.66. The molecule has 0 radical (unpaired) electrons. The van der Waals surface area contributed by atoms with Crippen LogP contribution in [0.4, 0.5) is 11.4 Å². The molecule has 1 atom stereocenters. The van der Waals surface area contributed by atoms with Crippen molar-refractivity contribution in [2.75, 3.05) is 16.8 Å². The summed E-state index contributed by atoms with van der Waals surface area (Å²) < 4.78 is 0. The maximum Gasteiger partial charge on any atom is 0.227 e. The zero-order chi connectivity index (χ0) is 17.2. The fourth-order valence-corrected chi connectivity index (χ4v) is 2.53. The van der Waals surface area contributed by atoms with Gasteiger partial charge in [0.15, 0.2) is 0 Å². The van der Waals surface area contributed by atoms with E-state index in [1.807, 2.05) is 20.8 Å². The summed E-state index contributed by atoms with van der Waals surface area (Å²) in [6, 6.07) is 7.03. The fraction of sp³-hybridized carbons (Fsp3) is 0.471. The van der Waals surface area contributed by atoms with Crippen LogP contribution in [-0.2, 0) is 14.4 Å². The minimum atomic E-state index is -0.336. The molecule has 1 aliphatic heterocycles. The van der Waals surface area contributed by atoms with Crippen molar-refractivity contribution in [2.45, 2.75) is 39.7 Å². The molecule has 0 unspecified atom stereocenters. The molecule has 1 aliphatic rings. The fourth-order valence-electron chi connectivity index (χ4n) is 2.53. The predicted octanol–water partition coefficient (Wildman–Crippen LogP) is 1.91. The van der Waals surface area contributed by atoms with Gasteiger partial charge in [0, 0.05) is 36.8 Å². The van der Waals surface area contributed by atoms with Crippen LogP contribution in [0, 0.1) is 5.92 Å². The summed E-state index contributed by atoms with van der Waals surface area (Å²) in [6.45, 7) is 7.57. The first-order valence-corrected chi connectivity index (χ1v) is 7.66. The maximum absolute atomic E-state index is 12.2. The minimum Gasteiger partial charge on any atom is -0.351 e. The molecule has 23 heavy (non-hydrogen) atoms. The summed E-state index contributed by atoms with van der Waals surface area (Å²) in [5, 5.41) is 5.60. The number of nitrogens with one attached hydrogen (secondary N) is 2. The number of hydrogen-bond donors (Lipinski definition) is 2. The van der Waals surface area contributed by atoms with Crippen LogP contribution in [0.3, 0.4) is 0 Å². The smallest absolute Gasteiger partial charge is 0.227 e. The first-order chi connectivity index (χ1) is 10.7. The monoisotopic (exact) mass is 317 g/mol. The third kappa shape index (κ3) is 4.55. The van der Waals surface area contributed by atoms with Crippen molar-refractivity contribution >= 4 is 29.1 Å². The van der Waals surface area contributed by atoms with Crippen molar-refractivity contribution in [1.82, 2.24) is 5.32 Å². The number of hydrogen-bond acceptors (Lipinski definition) is 3. The number of carbonyl (C=O) groups excluding carboxylic acids is 3. The van der Waals surface area contributed by atoms with E-state index in [4.69, 9.17) is 0 Å². The zero-order valence-corrected chi connectivity index (χ0v) is 14.0. The van der Waals surface area contributed by atoms with Crippen LogP contribution in [0.5, 0.6) is 0 Å². The van der Waals surface area contributed by atoms with Crippen LogP contribution in [-0.4, -0.2) is 29.8 Å². The van der Waals surface area contributed by atoms with Crippen LogP contribution in [0.2, 0.25) is 0 Å². The molecule has 124 valence electrons. The maximum atomic E-state index is 12.2. The highest BCUT2D eigenvalue weighted by molar-refractivity contribution is 6.00. The molecule has 1 aromatic rings. The Morgan fingerprint density at radius 1 is 1.17 bits per heavy atom. The number of rotatable bonds is 3. The van der Waals surface area contributed by atoms with E-state index in [-0.39, 0.29) is 35.6 Å². The second-order valence-electron chi connectivity index (χ2n) is 6.87. The van der Waals surface area contributed by atoms with Gasteiger partial charge in [-0.15, -0.1) is 0 Å². The van der Waals surface area contributed by atoms with E-state index in [9.17, 15) is 14.4 Å². The van der Waals surface area contributed by atoms with Crippen LogP contribution in [0.1, 0.15) is 34.1 Å². The second-order valence-corrected chi connectivity index (χ2v) is 6.87. The van der Waals surface area contributed by atoms with E-state index >= 15 is 0 Å². The van der Waals surface area contributed by atoms with Crippen molar-refractivity contribution in [3.63, 3.8) is 0 Å². The summed E-state index contributed by atoms with van der Waals surface area (Å²) in [4.78, 5) is 37.0. The van der Waals surface area contributed by atoms with E-state index in [0.29, 0.717) is 12.2 Å². The molecule has 1 fully saturated rings. The Balaban J connectivity index is 2.05. The van der Waals surface area contributed by atoms with E-state index in [2.05, 4.69) is 10.6 Å². The van der Waals surface area contributed by atoms with Crippen LogP contribution in [0.25, 0.3) is 0 Å². The Morgan fingerprint density at radius 3 is 2.30 bits per heavy atom. The highest BCUT2D eigenvalue weighted by Gasteiger charge is 2.36. The SMILES string of the molecule is CC(=O)Nc1ccc(N2C[C@H](C(=O)NC(C)(C)C)CC2=O)cc1. The van der Waals surface area contributed by atoms with Crippen molar-refractivity contribution in [3.05, 3.63) is 24.3 Å². The minimum absolute atomic E-state index is 0.0636. The van der Waals surface area contributed by atoms with Crippen LogP contribution in [0.15, 0.2) is 24.3 Å². The molecular formula is C17H23N3O3. The lowest BCUT2D eigenvalue weighted by atomic mass is 10.0. The summed E-state index contributed by atoms with van der Waals surface area (Å²) in [5.41, 5.74) is 1.10. The molecule has 1 saturated heterocycles. The largest absolute Gasteiger partial charge is 0.351 e. The third-order valence-corrected chi connectivity index (χ3v) is 3.49. The van der Waals surface area contributed by atoms with Gasteiger partial charge in [-0.05, 0) is 45.0 Å². The van der Waals surface area contributed by atoms with Gasteiger partial charge in [0.2, 0.25) is 17.7 Å². The Kier molecular flexibility index (Phi) is 4.73. The molecule has 0 aromatic heterocycles. The lowest BCUT2D eigenvalue weighted by Gasteiger charge is -2.23. The summed E-state index contributed by atoms with van der Waals surface area (Å²) in [6.07, 6.45) is 0.218. The lowest BCUT2D eigenvalue weighted by molar-refractivity contribution is -0.127. The Hall–Kier alpha value is -2.37. The number of nitrogens with zero attached hydrogens (tertiary/aromatic N) is 1. The molecule has 2 N–H and O–H groups in total. The average Bonchev–Trinajstić information content (AvgIpc) is 2.79. The van der Waals surface area contributed by atoms with Gasteiger partial charge in [0.25, 0.3) is 0 Å². The number of benzene rings is 1. The summed E-state index contributed by atoms with van der Waals surface area (Å²) in [7, 11) is 0. The van der Waals surface area contributed by atoms with E-state index in [1.54, 1.807) is 29.2 Å². The molecule has 2 rings (SSSR count). The van der Waals surface area contributed by atoms with Gasteiger partial charge in [-0.1, -0.05) is 0 Å². The quantitative estimate of drug-likeness (QED) is 0.894. The molecule has 0 bridgehead atoms. The van der Waals surface area contributed by atoms with Crippen LogP contribution < -0.4 is 15.5 Å². The van der Waals surface area contributed by atoms with Gasteiger partial charge in [0.1, 0.15) is 0 Å². The third-order valence-electron chi connectivity index (χ3n) is 3.49. The second kappa shape index (κ2) is 6.40. The Bertz CT molecular complexity index is 617. The Morgan fingerprint density at radius 2 is 1.78 bits per heavy atom. The molecule has 6 nitrogen and oxygen atoms in total.